The minimum Gasteiger partial charge on any atom is -0.0622 e. The van der Waals surface area contributed by atoms with Crippen molar-refractivity contribution in [3.63, 3.8) is 0 Å². The monoisotopic (exact) mass is 252 g/mol. The van der Waals surface area contributed by atoms with Gasteiger partial charge in [0.05, 0.1) is 0 Å². The normalized spacial score (nSPS) is 12.1. The van der Waals surface area contributed by atoms with Crippen LogP contribution in [0.15, 0.2) is 60.7 Å². The molecule has 2 aromatic rings. The molecule has 2 rings (SSSR count). The molecule has 0 aliphatic rings. The van der Waals surface area contributed by atoms with E-state index < -0.39 is 0 Å². The Morgan fingerprint density at radius 3 is 1.16 bits per heavy atom. The lowest BCUT2D eigenvalue weighted by atomic mass is 9.61. The Hall–Kier alpha value is -1.56. The molecule has 0 saturated heterocycles. The molecule has 0 nitrogen and oxygen atoms in total. The van der Waals surface area contributed by atoms with Crippen molar-refractivity contribution in [1.82, 2.24) is 0 Å². The second kappa shape index (κ2) is 5.61. The predicted molar refractivity (Wildman–Crippen MR) is 83.3 cm³/mol. The predicted octanol–water partition coefficient (Wildman–Crippen LogP) is 5.28. The molecular weight excluding hydrogens is 228 g/mol. The van der Waals surface area contributed by atoms with Gasteiger partial charge in [-0.25, -0.2) is 0 Å². The van der Waals surface area contributed by atoms with Crippen LogP contribution in [0.3, 0.4) is 0 Å². The molecule has 0 N–H and O–H groups in total. The summed E-state index contributed by atoms with van der Waals surface area (Å²) in [4.78, 5) is 0. The van der Waals surface area contributed by atoms with Crippen molar-refractivity contribution in [2.45, 2.75) is 33.1 Å². The van der Waals surface area contributed by atoms with Gasteiger partial charge in [0.15, 0.2) is 0 Å². The highest BCUT2D eigenvalue weighted by Gasteiger charge is 2.40. The van der Waals surface area contributed by atoms with E-state index in [2.05, 4.69) is 88.4 Å². The summed E-state index contributed by atoms with van der Waals surface area (Å²) in [7, 11) is 0. The molecule has 0 unspecified atom stereocenters. The van der Waals surface area contributed by atoms with Crippen molar-refractivity contribution in [1.29, 1.82) is 0 Å². The van der Waals surface area contributed by atoms with Gasteiger partial charge in [-0.15, -0.1) is 0 Å². The van der Waals surface area contributed by atoms with Gasteiger partial charge in [-0.1, -0.05) is 88.4 Å². The van der Waals surface area contributed by atoms with Gasteiger partial charge in [-0.2, -0.15) is 0 Å². The molecule has 0 heteroatoms. The lowest BCUT2D eigenvalue weighted by Gasteiger charge is -2.43. The molecule has 0 amide bonds. The Morgan fingerprint density at radius 1 is 0.579 bits per heavy atom. The van der Waals surface area contributed by atoms with Crippen LogP contribution < -0.4 is 0 Å². The zero-order valence-corrected chi connectivity index (χ0v) is 12.4. The van der Waals surface area contributed by atoms with Gasteiger partial charge in [0.2, 0.25) is 0 Å². The van der Waals surface area contributed by atoms with Gasteiger partial charge >= 0.3 is 0 Å². The third-order valence-electron chi connectivity index (χ3n) is 4.32. The number of hydrogen-bond donors (Lipinski definition) is 0. The van der Waals surface area contributed by atoms with Crippen molar-refractivity contribution < 1.29 is 0 Å². The maximum atomic E-state index is 2.33. The molecule has 100 valence electrons. The highest BCUT2D eigenvalue weighted by atomic mass is 14.4. The van der Waals surface area contributed by atoms with E-state index in [0.29, 0.717) is 11.8 Å². The molecule has 2 aromatic carbocycles. The summed E-state index contributed by atoms with van der Waals surface area (Å²) in [6.07, 6.45) is 0. The topological polar surface area (TPSA) is 0 Å². The first-order valence-corrected chi connectivity index (χ1v) is 7.21. The minimum atomic E-state index is 0.0858. The smallest absolute Gasteiger partial charge is 0.0248 e. The Balaban J connectivity index is 2.69. The van der Waals surface area contributed by atoms with Crippen LogP contribution in [0, 0.1) is 11.8 Å². The van der Waals surface area contributed by atoms with Gasteiger partial charge in [0, 0.05) is 5.41 Å². The van der Waals surface area contributed by atoms with E-state index in [9.17, 15) is 0 Å². The summed E-state index contributed by atoms with van der Waals surface area (Å²) in [6, 6.07) is 21.9. The fourth-order valence-electron chi connectivity index (χ4n) is 3.59. The molecule has 0 atom stereocenters. The van der Waals surface area contributed by atoms with E-state index >= 15 is 0 Å². The Labute approximate surface area is 117 Å². The molecule has 0 spiro atoms. The van der Waals surface area contributed by atoms with Crippen LogP contribution in [0.2, 0.25) is 0 Å². The molecule has 0 fully saturated rings. The second-order valence-corrected chi connectivity index (χ2v) is 5.91. The number of rotatable bonds is 4. The zero-order valence-electron chi connectivity index (χ0n) is 12.4. The molecule has 0 bridgehead atoms. The number of hydrogen-bond acceptors (Lipinski definition) is 0. The summed E-state index contributed by atoms with van der Waals surface area (Å²) in [6.45, 7) is 9.33. The van der Waals surface area contributed by atoms with Crippen molar-refractivity contribution in [2.24, 2.45) is 11.8 Å². The van der Waals surface area contributed by atoms with Crippen LogP contribution in [0.5, 0.6) is 0 Å². The highest BCUT2D eigenvalue weighted by Crippen LogP contribution is 2.45. The number of benzene rings is 2. The van der Waals surface area contributed by atoms with E-state index in [1.807, 2.05) is 0 Å². The van der Waals surface area contributed by atoms with Crippen molar-refractivity contribution in [3.05, 3.63) is 71.8 Å². The quantitative estimate of drug-likeness (QED) is 0.694. The third kappa shape index (κ3) is 2.32. The van der Waals surface area contributed by atoms with Crippen LogP contribution >= 0.6 is 0 Å². The zero-order chi connectivity index (χ0) is 13.9. The summed E-state index contributed by atoms with van der Waals surface area (Å²) in [5.74, 6) is 1.11. The van der Waals surface area contributed by atoms with Crippen molar-refractivity contribution >= 4 is 0 Å². The largest absolute Gasteiger partial charge is 0.0622 e. The first-order valence-electron chi connectivity index (χ1n) is 7.21. The summed E-state index contributed by atoms with van der Waals surface area (Å²) in [5.41, 5.74) is 2.93. The van der Waals surface area contributed by atoms with Gasteiger partial charge in [-0.3, -0.25) is 0 Å². The SMILES string of the molecule is CC(C)C(c1ccccc1)(c1ccccc1)C(C)C. The van der Waals surface area contributed by atoms with E-state index in [0.717, 1.165) is 0 Å². The minimum absolute atomic E-state index is 0.0858. The lowest BCUT2D eigenvalue weighted by molar-refractivity contribution is 0.273. The van der Waals surface area contributed by atoms with Crippen LogP contribution in [0.1, 0.15) is 38.8 Å². The maximum absolute atomic E-state index is 2.33. The van der Waals surface area contributed by atoms with Crippen LogP contribution in [-0.4, -0.2) is 0 Å². The summed E-state index contributed by atoms with van der Waals surface area (Å²) >= 11 is 0. The van der Waals surface area contributed by atoms with E-state index in [4.69, 9.17) is 0 Å². The fourth-order valence-corrected chi connectivity index (χ4v) is 3.59. The van der Waals surface area contributed by atoms with Crippen LogP contribution in [-0.2, 0) is 5.41 Å². The molecule has 0 aliphatic heterocycles. The Bertz CT molecular complexity index is 445. The van der Waals surface area contributed by atoms with E-state index in [1.165, 1.54) is 11.1 Å². The molecule has 0 aromatic heterocycles. The first-order chi connectivity index (χ1) is 9.10. The molecule has 0 radical (unpaired) electrons. The standard InChI is InChI=1S/C19H24/c1-15(2)19(16(3)4,17-11-7-5-8-12-17)18-13-9-6-10-14-18/h5-16H,1-4H3. The molecular formula is C19H24. The van der Waals surface area contributed by atoms with Gasteiger partial charge in [0.25, 0.3) is 0 Å². The van der Waals surface area contributed by atoms with E-state index in [1.54, 1.807) is 0 Å². The van der Waals surface area contributed by atoms with E-state index in [-0.39, 0.29) is 5.41 Å². The average Bonchev–Trinajstić information content (AvgIpc) is 2.41. The fraction of sp³-hybridized carbons (Fsp3) is 0.368. The second-order valence-electron chi connectivity index (χ2n) is 5.91. The maximum Gasteiger partial charge on any atom is 0.0248 e. The Morgan fingerprint density at radius 2 is 0.895 bits per heavy atom. The van der Waals surface area contributed by atoms with Crippen molar-refractivity contribution in [2.75, 3.05) is 0 Å². The lowest BCUT2D eigenvalue weighted by Crippen LogP contribution is -2.39. The third-order valence-corrected chi connectivity index (χ3v) is 4.32. The van der Waals surface area contributed by atoms with Gasteiger partial charge < -0.3 is 0 Å². The molecule has 0 aliphatic carbocycles. The van der Waals surface area contributed by atoms with Crippen LogP contribution in [0.4, 0.5) is 0 Å². The Kier molecular flexibility index (Phi) is 4.09. The van der Waals surface area contributed by atoms with Crippen LogP contribution in [0.25, 0.3) is 0 Å². The van der Waals surface area contributed by atoms with Crippen molar-refractivity contribution in [3.8, 4) is 0 Å². The molecule has 19 heavy (non-hydrogen) atoms. The molecule has 0 saturated carbocycles. The molecule has 0 heterocycles. The highest BCUT2D eigenvalue weighted by molar-refractivity contribution is 5.40. The van der Waals surface area contributed by atoms with Gasteiger partial charge in [0.1, 0.15) is 0 Å². The summed E-state index contributed by atoms with van der Waals surface area (Å²) < 4.78 is 0. The first kappa shape index (κ1) is 13.9. The average molecular weight is 252 g/mol. The van der Waals surface area contributed by atoms with Gasteiger partial charge in [-0.05, 0) is 23.0 Å². The summed E-state index contributed by atoms with van der Waals surface area (Å²) in [5, 5.41) is 0.